The van der Waals surface area contributed by atoms with E-state index in [1.807, 2.05) is 18.7 Å². The molecule has 0 spiro atoms. The van der Waals surface area contributed by atoms with E-state index in [-0.39, 0.29) is 12.2 Å². The fourth-order valence-corrected chi connectivity index (χ4v) is 3.17. The lowest BCUT2D eigenvalue weighted by molar-refractivity contribution is -0.0257. The molecule has 0 aromatic carbocycles. The summed E-state index contributed by atoms with van der Waals surface area (Å²) >= 11 is 1.90. The molecular formula is C12H24O3S. The van der Waals surface area contributed by atoms with Gasteiger partial charge in [0, 0.05) is 18.1 Å². The van der Waals surface area contributed by atoms with E-state index in [4.69, 9.17) is 9.47 Å². The van der Waals surface area contributed by atoms with Gasteiger partial charge in [-0.15, -0.1) is 0 Å². The Morgan fingerprint density at radius 2 is 2.00 bits per heavy atom. The van der Waals surface area contributed by atoms with Crippen molar-refractivity contribution in [1.82, 2.24) is 0 Å². The van der Waals surface area contributed by atoms with Crippen LogP contribution in [0.5, 0.6) is 0 Å². The third kappa shape index (κ3) is 6.09. The smallest absolute Gasteiger partial charge is 0.0864 e. The van der Waals surface area contributed by atoms with Gasteiger partial charge in [-0.3, -0.25) is 0 Å². The van der Waals surface area contributed by atoms with E-state index < -0.39 is 0 Å². The number of hydrogen-bond acceptors (Lipinski definition) is 4. The van der Waals surface area contributed by atoms with Crippen LogP contribution in [0.2, 0.25) is 0 Å². The topological polar surface area (TPSA) is 38.7 Å². The predicted octanol–water partition coefficient (Wildman–Crippen LogP) is 2.07. The Labute approximate surface area is 103 Å². The van der Waals surface area contributed by atoms with E-state index in [1.54, 1.807) is 7.11 Å². The molecule has 0 aromatic rings. The summed E-state index contributed by atoms with van der Waals surface area (Å²) < 4.78 is 10.4. The molecule has 4 heteroatoms. The highest BCUT2D eigenvalue weighted by atomic mass is 32.2. The number of hydrogen-bond donors (Lipinski definition) is 1. The second-order valence-electron chi connectivity index (χ2n) is 4.49. The van der Waals surface area contributed by atoms with Crippen molar-refractivity contribution in [2.24, 2.45) is 0 Å². The molecule has 0 aromatic heterocycles. The Bertz CT molecular complexity index is 172. The maximum absolute atomic E-state index is 9.74. The Hall–Kier alpha value is 0.230. The molecule has 2 unspecified atom stereocenters. The maximum atomic E-state index is 9.74. The number of aliphatic hydroxyl groups is 1. The van der Waals surface area contributed by atoms with Gasteiger partial charge in [0.25, 0.3) is 0 Å². The molecule has 1 aliphatic rings. The van der Waals surface area contributed by atoms with Crippen molar-refractivity contribution in [2.45, 2.75) is 50.1 Å². The summed E-state index contributed by atoms with van der Waals surface area (Å²) in [7, 11) is 1.66. The van der Waals surface area contributed by atoms with Crippen LogP contribution in [-0.4, -0.2) is 48.6 Å². The number of thioether (sulfide) groups is 1. The SMILES string of the molecule is COCC(C)OCC(O)CSC1CCCC1. The third-order valence-corrected chi connectivity index (χ3v) is 4.32. The Balaban J connectivity index is 1.99. The summed E-state index contributed by atoms with van der Waals surface area (Å²) in [5.74, 6) is 0.796. The molecule has 3 nitrogen and oxygen atoms in total. The van der Waals surface area contributed by atoms with E-state index in [0.29, 0.717) is 13.2 Å². The van der Waals surface area contributed by atoms with E-state index in [0.717, 1.165) is 11.0 Å². The molecule has 0 amide bonds. The molecular weight excluding hydrogens is 224 g/mol. The first kappa shape index (κ1) is 14.3. The molecule has 1 fully saturated rings. The van der Waals surface area contributed by atoms with Crippen LogP contribution >= 0.6 is 11.8 Å². The van der Waals surface area contributed by atoms with Crippen LogP contribution in [0.1, 0.15) is 32.6 Å². The van der Waals surface area contributed by atoms with Gasteiger partial charge in [0.2, 0.25) is 0 Å². The summed E-state index contributed by atoms with van der Waals surface area (Å²) in [6, 6.07) is 0. The van der Waals surface area contributed by atoms with Gasteiger partial charge in [-0.25, -0.2) is 0 Å². The van der Waals surface area contributed by atoms with Gasteiger partial charge in [-0.05, 0) is 19.8 Å². The highest BCUT2D eigenvalue weighted by Crippen LogP contribution is 2.29. The lowest BCUT2D eigenvalue weighted by Gasteiger charge is -2.17. The van der Waals surface area contributed by atoms with Crippen molar-refractivity contribution in [1.29, 1.82) is 0 Å². The molecule has 0 heterocycles. The van der Waals surface area contributed by atoms with Gasteiger partial charge < -0.3 is 14.6 Å². The third-order valence-electron chi connectivity index (χ3n) is 2.80. The quantitative estimate of drug-likeness (QED) is 0.714. The van der Waals surface area contributed by atoms with E-state index in [9.17, 15) is 5.11 Å². The zero-order chi connectivity index (χ0) is 11.8. The molecule has 0 bridgehead atoms. The van der Waals surface area contributed by atoms with Gasteiger partial charge in [-0.2, -0.15) is 11.8 Å². The largest absolute Gasteiger partial charge is 0.390 e. The predicted molar refractivity (Wildman–Crippen MR) is 68.0 cm³/mol. The van der Waals surface area contributed by atoms with E-state index in [2.05, 4.69) is 0 Å². The maximum Gasteiger partial charge on any atom is 0.0864 e. The van der Waals surface area contributed by atoms with Crippen LogP contribution in [0.3, 0.4) is 0 Å². The first-order valence-electron chi connectivity index (χ1n) is 6.12. The minimum absolute atomic E-state index is 0.0659. The molecule has 1 saturated carbocycles. The number of ether oxygens (including phenoxy) is 2. The Morgan fingerprint density at radius 3 is 2.62 bits per heavy atom. The highest BCUT2D eigenvalue weighted by molar-refractivity contribution is 7.99. The van der Waals surface area contributed by atoms with Crippen molar-refractivity contribution in [3.8, 4) is 0 Å². The van der Waals surface area contributed by atoms with Crippen LogP contribution in [0.4, 0.5) is 0 Å². The van der Waals surface area contributed by atoms with Crippen LogP contribution in [0.15, 0.2) is 0 Å². The fraction of sp³-hybridized carbons (Fsp3) is 1.00. The summed E-state index contributed by atoms with van der Waals surface area (Å²) in [6.45, 7) is 2.97. The lowest BCUT2D eigenvalue weighted by atomic mass is 10.4. The summed E-state index contributed by atoms with van der Waals surface area (Å²) in [5, 5.41) is 10.5. The molecule has 1 N–H and O–H groups in total. The fourth-order valence-electron chi connectivity index (χ4n) is 1.91. The van der Waals surface area contributed by atoms with Gasteiger partial charge >= 0.3 is 0 Å². The summed E-state index contributed by atoms with van der Waals surface area (Å²) in [4.78, 5) is 0. The molecule has 0 radical (unpaired) electrons. The van der Waals surface area contributed by atoms with Gasteiger partial charge in [0.1, 0.15) is 0 Å². The van der Waals surface area contributed by atoms with Gasteiger partial charge in [0.05, 0.1) is 25.4 Å². The van der Waals surface area contributed by atoms with Crippen LogP contribution in [0.25, 0.3) is 0 Å². The zero-order valence-corrected chi connectivity index (χ0v) is 11.2. The molecule has 2 atom stereocenters. The molecule has 1 rings (SSSR count). The zero-order valence-electron chi connectivity index (χ0n) is 10.4. The first-order valence-corrected chi connectivity index (χ1v) is 7.17. The van der Waals surface area contributed by atoms with E-state index in [1.165, 1.54) is 25.7 Å². The number of aliphatic hydroxyl groups excluding tert-OH is 1. The average Bonchev–Trinajstić information content (AvgIpc) is 2.77. The van der Waals surface area contributed by atoms with Crippen LogP contribution in [0, 0.1) is 0 Å². The van der Waals surface area contributed by atoms with Crippen LogP contribution in [-0.2, 0) is 9.47 Å². The van der Waals surface area contributed by atoms with Gasteiger partial charge in [-0.1, -0.05) is 12.8 Å². The minimum atomic E-state index is -0.343. The second-order valence-corrected chi connectivity index (χ2v) is 5.83. The molecule has 0 saturated heterocycles. The summed E-state index contributed by atoms with van der Waals surface area (Å²) in [5.41, 5.74) is 0. The van der Waals surface area contributed by atoms with Gasteiger partial charge in [0.15, 0.2) is 0 Å². The normalized spacial score (nSPS) is 21.2. The molecule has 0 aliphatic heterocycles. The number of methoxy groups -OCH3 is 1. The Morgan fingerprint density at radius 1 is 1.31 bits per heavy atom. The van der Waals surface area contributed by atoms with Crippen molar-refractivity contribution in [2.75, 3.05) is 26.1 Å². The number of rotatable bonds is 8. The molecule has 16 heavy (non-hydrogen) atoms. The van der Waals surface area contributed by atoms with Crippen molar-refractivity contribution < 1.29 is 14.6 Å². The molecule has 1 aliphatic carbocycles. The van der Waals surface area contributed by atoms with Crippen LogP contribution < -0.4 is 0 Å². The van der Waals surface area contributed by atoms with Crippen molar-refractivity contribution >= 4 is 11.8 Å². The first-order chi connectivity index (χ1) is 7.72. The minimum Gasteiger partial charge on any atom is -0.390 e. The van der Waals surface area contributed by atoms with Crippen molar-refractivity contribution in [3.05, 3.63) is 0 Å². The van der Waals surface area contributed by atoms with Crippen molar-refractivity contribution in [3.63, 3.8) is 0 Å². The molecule has 96 valence electrons. The standard InChI is InChI=1S/C12H24O3S/c1-10(7-14-2)15-8-11(13)9-16-12-5-3-4-6-12/h10-13H,3-9H2,1-2H3. The highest BCUT2D eigenvalue weighted by Gasteiger charge is 2.17. The second kappa shape index (κ2) is 8.34. The Kier molecular flexibility index (Phi) is 7.45. The summed E-state index contributed by atoms with van der Waals surface area (Å²) in [6.07, 6.45) is 5.07. The van der Waals surface area contributed by atoms with E-state index >= 15 is 0 Å². The monoisotopic (exact) mass is 248 g/mol. The average molecular weight is 248 g/mol. The lowest BCUT2D eigenvalue weighted by Crippen LogP contribution is -2.24.